The first-order valence-corrected chi connectivity index (χ1v) is 7.02. The molecule has 1 amide bonds. The van der Waals surface area contributed by atoms with Gasteiger partial charge in [-0.1, -0.05) is 37.3 Å². The van der Waals surface area contributed by atoms with Crippen molar-refractivity contribution in [2.24, 2.45) is 5.10 Å². The van der Waals surface area contributed by atoms with Gasteiger partial charge >= 0.3 is 0 Å². The van der Waals surface area contributed by atoms with Crippen LogP contribution in [-0.2, 0) is 11.3 Å². The Morgan fingerprint density at radius 2 is 2.00 bits per heavy atom. The Morgan fingerprint density at radius 1 is 1.29 bits per heavy atom. The molecule has 21 heavy (non-hydrogen) atoms. The number of hydrogen-bond donors (Lipinski definition) is 1. The van der Waals surface area contributed by atoms with E-state index in [4.69, 9.17) is 0 Å². The van der Waals surface area contributed by atoms with Gasteiger partial charge in [-0.2, -0.15) is 10.2 Å². The third-order valence-electron chi connectivity index (χ3n) is 3.15. The zero-order valence-corrected chi connectivity index (χ0v) is 12.6. The van der Waals surface area contributed by atoms with Gasteiger partial charge < -0.3 is 0 Å². The SMILES string of the molecule is CCC(=NNC(=O)Cn1nc(C)cc1C)c1ccccc1. The molecule has 0 saturated carbocycles. The van der Waals surface area contributed by atoms with E-state index in [0.29, 0.717) is 0 Å². The van der Waals surface area contributed by atoms with Gasteiger partial charge in [0.15, 0.2) is 0 Å². The number of aryl methyl sites for hydroxylation is 2. The van der Waals surface area contributed by atoms with Crippen LogP contribution >= 0.6 is 0 Å². The lowest BCUT2D eigenvalue weighted by molar-refractivity contribution is -0.121. The fourth-order valence-corrected chi connectivity index (χ4v) is 2.11. The standard InChI is InChI=1S/C16H20N4O/c1-4-15(14-8-6-5-7-9-14)17-18-16(21)11-20-13(3)10-12(2)19-20/h5-10H,4,11H2,1-3H3,(H,18,21). The first kappa shape index (κ1) is 15.0. The van der Waals surface area contributed by atoms with E-state index in [0.717, 1.165) is 29.1 Å². The fraction of sp³-hybridized carbons (Fsp3) is 0.312. The first-order chi connectivity index (χ1) is 10.1. The van der Waals surface area contributed by atoms with Crippen molar-refractivity contribution in [1.29, 1.82) is 0 Å². The van der Waals surface area contributed by atoms with E-state index in [1.165, 1.54) is 0 Å². The Balaban J connectivity index is 2.02. The molecule has 1 heterocycles. The average molecular weight is 284 g/mol. The highest BCUT2D eigenvalue weighted by atomic mass is 16.2. The lowest BCUT2D eigenvalue weighted by Crippen LogP contribution is -2.25. The average Bonchev–Trinajstić information content (AvgIpc) is 2.78. The van der Waals surface area contributed by atoms with Gasteiger partial charge in [0.05, 0.1) is 11.4 Å². The summed E-state index contributed by atoms with van der Waals surface area (Å²) in [5.41, 5.74) is 6.35. The number of benzene rings is 1. The highest BCUT2D eigenvalue weighted by Crippen LogP contribution is 2.04. The van der Waals surface area contributed by atoms with Crippen LogP contribution in [0.25, 0.3) is 0 Å². The second kappa shape index (κ2) is 6.83. The molecule has 2 rings (SSSR count). The Hall–Kier alpha value is -2.43. The summed E-state index contributed by atoms with van der Waals surface area (Å²) in [6.07, 6.45) is 0.754. The van der Waals surface area contributed by atoms with Gasteiger partial charge in [0, 0.05) is 5.69 Å². The molecule has 0 bridgehead atoms. The molecule has 0 aliphatic rings. The minimum absolute atomic E-state index is 0.176. The van der Waals surface area contributed by atoms with E-state index in [1.807, 2.05) is 57.2 Å². The summed E-state index contributed by atoms with van der Waals surface area (Å²) >= 11 is 0. The number of hydrogen-bond acceptors (Lipinski definition) is 3. The van der Waals surface area contributed by atoms with Crippen LogP contribution in [0.4, 0.5) is 0 Å². The highest BCUT2D eigenvalue weighted by molar-refractivity contribution is 6.00. The molecule has 2 aromatic rings. The lowest BCUT2D eigenvalue weighted by Gasteiger charge is -2.06. The molecule has 0 spiro atoms. The molecule has 110 valence electrons. The number of hydrazone groups is 1. The molecule has 0 aliphatic heterocycles. The van der Waals surface area contributed by atoms with Gasteiger partial charge in [0.25, 0.3) is 5.91 Å². The van der Waals surface area contributed by atoms with E-state index < -0.39 is 0 Å². The predicted molar refractivity (Wildman–Crippen MR) is 83.1 cm³/mol. The molecule has 0 saturated heterocycles. The van der Waals surface area contributed by atoms with Crippen molar-refractivity contribution < 1.29 is 4.79 Å². The van der Waals surface area contributed by atoms with E-state index in [9.17, 15) is 4.79 Å². The molecule has 1 aromatic carbocycles. The maximum Gasteiger partial charge on any atom is 0.261 e. The van der Waals surface area contributed by atoms with Crippen LogP contribution in [0.15, 0.2) is 41.5 Å². The topological polar surface area (TPSA) is 59.3 Å². The summed E-state index contributed by atoms with van der Waals surface area (Å²) in [6.45, 7) is 6.02. The lowest BCUT2D eigenvalue weighted by atomic mass is 10.1. The van der Waals surface area contributed by atoms with Crippen molar-refractivity contribution >= 4 is 11.6 Å². The predicted octanol–water partition coefficient (Wildman–Crippen LogP) is 2.43. The van der Waals surface area contributed by atoms with Crippen LogP contribution < -0.4 is 5.43 Å². The Kier molecular flexibility index (Phi) is 4.87. The van der Waals surface area contributed by atoms with E-state index in [-0.39, 0.29) is 12.5 Å². The van der Waals surface area contributed by atoms with Gasteiger partial charge in [0.2, 0.25) is 0 Å². The van der Waals surface area contributed by atoms with Crippen LogP contribution in [0.5, 0.6) is 0 Å². The zero-order valence-electron chi connectivity index (χ0n) is 12.6. The molecule has 1 N–H and O–H groups in total. The summed E-state index contributed by atoms with van der Waals surface area (Å²) in [7, 11) is 0. The van der Waals surface area contributed by atoms with Crippen molar-refractivity contribution in [3.63, 3.8) is 0 Å². The first-order valence-electron chi connectivity index (χ1n) is 7.02. The van der Waals surface area contributed by atoms with Gasteiger partial charge in [0.1, 0.15) is 6.54 Å². The summed E-state index contributed by atoms with van der Waals surface area (Å²) in [5, 5.41) is 8.48. The number of nitrogens with zero attached hydrogens (tertiary/aromatic N) is 3. The third kappa shape index (κ3) is 4.02. The Labute approximate surface area is 124 Å². The number of amides is 1. The zero-order chi connectivity index (χ0) is 15.2. The van der Waals surface area contributed by atoms with E-state index >= 15 is 0 Å². The van der Waals surface area contributed by atoms with Gasteiger partial charge in [-0.05, 0) is 31.9 Å². The molecular formula is C16H20N4O. The molecule has 0 atom stereocenters. The largest absolute Gasteiger partial charge is 0.271 e. The second-order valence-corrected chi connectivity index (χ2v) is 4.90. The van der Waals surface area contributed by atoms with Crippen LogP contribution in [-0.4, -0.2) is 21.4 Å². The number of rotatable bonds is 5. The third-order valence-corrected chi connectivity index (χ3v) is 3.15. The number of aromatic nitrogens is 2. The van der Waals surface area contributed by atoms with Crippen molar-refractivity contribution in [2.75, 3.05) is 0 Å². The summed E-state index contributed by atoms with van der Waals surface area (Å²) < 4.78 is 1.67. The molecule has 0 fully saturated rings. The van der Waals surface area contributed by atoms with Crippen LogP contribution in [0.1, 0.15) is 30.3 Å². The Morgan fingerprint density at radius 3 is 2.57 bits per heavy atom. The van der Waals surface area contributed by atoms with Gasteiger partial charge in [-0.25, -0.2) is 5.43 Å². The van der Waals surface area contributed by atoms with Crippen molar-refractivity contribution in [3.8, 4) is 0 Å². The summed E-state index contributed by atoms with van der Waals surface area (Å²) in [5.74, 6) is -0.178. The molecule has 0 aliphatic carbocycles. The van der Waals surface area contributed by atoms with Crippen molar-refractivity contribution in [1.82, 2.24) is 15.2 Å². The summed E-state index contributed by atoms with van der Waals surface area (Å²) in [4.78, 5) is 11.9. The second-order valence-electron chi connectivity index (χ2n) is 4.90. The van der Waals surface area contributed by atoms with Crippen molar-refractivity contribution in [2.45, 2.75) is 33.7 Å². The normalized spacial score (nSPS) is 11.5. The van der Waals surface area contributed by atoms with Gasteiger partial charge in [-0.15, -0.1) is 0 Å². The summed E-state index contributed by atoms with van der Waals surface area (Å²) in [6, 6.07) is 11.8. The fourth-order valence-electron chi connectivity index (χ4n) is 2.11. The van der Waals surface area contributed by atoms with Crippen LogP contribution in [0, 0.1) is 13.8 Å². The highest BCUT2D eigenvalue weighted by Gasteiger charge is 2.07. The molecular weight excluding hydrogens is 264 g/mol. The molecule has 1 aromatic heterocycles. The number of carbonyl (C=O) groups excluding carboxylic acids is 1. The maximum atomic E-state index is 11.9. The minimum Gasteiger partial charge on any atom is -0.271 e. The Bertz CT molecular complexity index is 644. The minimum atomic E-state index is -0.178. The van der Waals surface area contributed by atoms with Crippen LogP contribution in [0.3, 0.4) is 0 Å². The van der Waals surface area contributed by atoms with Gasteiger partial charge in [-0.3, -0.25) is 9.48 Å². The van der Waals surface area contributed by atoms with E-state index in [1.54, 1.807) is 4.68 Å². The monoisotopic (exact) mass is 284 g/mol. The number of nitrogens with one attached hydrogen (secondary N) is 1. The number of carbonyl (C=O) groups is 1. The maximum absolute atomic E-state index is 11.9. The quantitative estimate of drug-likeness (QED) is 0.677. The molecule has 0 radical (unpaired) electrons. The van der Waals surface area contributed by atoms with Crippen LogP contribution in [0.2, 0.25) is 0 Å². The molecule has 0 unspecified atom stereocenters. The smallest absolute Gasteiger partial charge is 0.261 e. The van der Waals surface area contributed by atoms with E-state index in [2.05, 4.69) is 15.6 Å². The molecule has 5 nitrogen and oxygen atoms in total. The van der Waals surface area contributed by atoms with Crippen molar-refractivity contribution in [3.05, 3.63) is 53.3 Å². The molecule has 5 heteroatoms.